The number of allylic oxidation sites excluding steroid dienone is 1. The Bertz CT molecular complexity index is 226. The Morgan fingerprint density at radius 1 is 1.42 bits per heavy atom. The number of Topliss-reactive ketones (excluding diaryl/α,β-unsaturated/α-hetero) is 1. The lowest BCUT2D eigenvalue weighted by molar-refractivity contribution is -0.114. The monoisotopic (exact) mass is 165 g/mol. The van der Waals surface area contributed by atoms with Crippen molar-refractivity contribution in [3.05, 3.63) is 24.9 Å². The second-order valence-electron chi connectivity index (χ2n) is 2.16. The van der Waals surface area contributed by atoms with E-state index in [1.807, 2.05) is 13.8 Å². The number of hydrogen-bond donors (Lipinski definition) is 0. The molecule has 0 aromatic rings. The van der Waals surface area contributed by atoms with Gasteiger partial charge in [-0.2, -0.15) is 0 Å². The lowest BCUT2D eigenvalue weighted by Gasteiger charge is -1.89. The van der Waals surface area contributed by atoms with Gasteiger partial charge in [-0.15, -0.1) is 0 Å². The van der Waals surface area contributed by atoms with Crippen LogP contribution in [-0.2, 0) is 4.79 Å². The summed E-state index contributed by atoms with van der Waals surface area (Å²) in [6.07, 6.45) is 2.73. The molecule has 66 valence electrons. The first kappa shape index (κ1) is 10.8. The van der Waals surface area contributed by atoms with Crippen molar-refractivity contribution in [2.75, 3.05) is 0 Å². The quantitative estimate of drug-likeness (QED) is 0.549. The van der Waals surface area contributed by atoms with Crippen LogP contribution in [0.25, 0.3) is 0 Å². The smallest absolute Gasteiger partial charge is 0.164 e. The summed E-state index contributed by atoms with van der Waals surface area (Å²) in [5, 5.41) is 0. The van der Waals surface area contributed by atoms with Crippen LogP contribution in [0.5, 0.6) is 0 Å². The van der Waals surface area contributed by atoms with Gasteiger partial charge in [0, 0.05) is 18.2 Å². The zero-order valence-electron chi connectivity index (χ0n) is 7.76. The summed E-state index contributed by atoms with van der Waals surface area (Å²) in [5.41, 5.74) is 1.35. The van der Waals surface area contributed by atoms with Crippen molar-refractivity contribution in [1.29, 1.82) is 0 Å². The molecule has 0 aliphatic heterocycles. The van der Waals surface area contributed by atoms with Crippen molar-refractivity contribution in [1.82, 2.24) is 0 Å². The van der Waals surface area contributed by atoms with Crippen molar-refractivity contribution in [2.45, 2.75) is 26.7 Å². The predicted molar refractivity (Wildman–Crippen MR) is 52.4 cm³/mol. The van der Waals surface area contributed by atoms with E-state index in [0.717, 1.165) is 12.1 Å². The average molecular weight is 165 g/mol. The second-order valence-corrected chi connectivity index (χ2v) is 2.16. The zero-order chi connectivity index (χ0) is 9.56. The van der Waals surface area contributed by atoms with E-state index in [1.54, 1.807) is 0 Å². The van der Waals surface area contributed by atoms with Gasteiger partial charge in [-0.3, -0.25) is 9.79 Å². The highest BCUT2D eigenvalue weighted by Gasteiger charge is 2.20. The van der Waals surface area contributed by atoms with Crippen molar-refractivity contribution in [3.63, 3.8) is 0 Å². The van der Waals surface area contributed by atoms with Crippen LogP contribution in [0.15, 0.2) is 29.9 Å². The van der Waals surface area contributed by atoms with E-state index in [-0.39, 0.29) is 5.78 Å². The molecule has 0 bridgehead atoms. The molecule has 0 aromatic carbocycles. The molecule has 1 saturated carbocycles. The molecule has 0 atom stereocenters. The fourth-order valence-corrected chi connectivity index (χ4v) is 0.947. The van der Waals surface area contributed by atoms with Gasteiger partial charge in [-0.25, -0.2) is 0 Å². The summed E-state index contributed by atoms with van der Waals surface area (Å²) in [7, 11) is 0. The number of aliphatic imine (C=N–C) groups is 1. The molecular weight excluding hydrogens is 150 g/mol. The Morgan fingerprint density at radius 2 is 2.00 bits per heavy atom. The summed E-state index contributed by atoms with van der Waals surface area (Å²) >= 11 is 0. The van der Waals surface area contributed by atoms with Gasteiger partial charge in [0.2, 0.25) is 0 Å². The summed E-state index contributed by atoms with van der Waals surface area (Å²) in [4.78, 5) is 14.8. The van der Waals surface area contributed by atoms with Crippen molar-refractivity contribution in [2.24, 2.45) is 4.99 Å². The summed E-state index contributed by atoms with van der Waals surface area (Å²) in [5.74, 6) is 0.112. The minimum atomic E-state index is 0.112. The van der Waals surface area contributed by atoms with E-state index in [1.165, 1.54) is 6.20 Å². The first-order valence-corrected chi connectivity index (χ1v) is 4.15. The number of hydrogen-bond acceptors (Lipinski definition) is 2. The number of nitrogens with zero attached hydrogens (tertiary/aromatic N) is 1. The number of carbonyl (C=O) groups excluding carboxylic acids is 1. The van der Waals surface area contributed by atoms with Crippen LogP contribution in [0.4, 0.5) is 0 Å². The van der Waals surface area contributed by atoms with Crippen LogP contribution in [0.3, 0.4) is 0 Å². The topological polar surface area (TPSA) is 29.4 Å². The minimum absolute atomic E-state index is 0.112. The molecule has 1 aliphatic rings. The Morgan fingerprint density at radius 3 is 2.33 bits per heavy atom. The van der Waals surface area contributed by atoms with Gasteiger partial charge in [0.05, 0.1) is 5.71 Å². The average Bonchev–Trinajstić information content (AvgIpc) is 2.41. The summed E-state index contributed by atoms with van der Waals surface area (Å²) in [6.45, 7) is 11.1. The largest absolute Gasteiger partial charge is 0.294 e. The lowest BCUT2D eigenvalue weighted by Crippen LogP contribution is -1.96. The first-order chi connectivity index (χ1) is 5.75. The lowest BCUT2D eigenvalue weighted by atomic mass is 10.2. The molecule has 0 amide bonds. The van der Waals surface area contributed by atoms with Crippen molar-refractivity contribution < 1.29 is 4.79 Å². The molecule has 0 aromatic heterocycles. The maximum absolute atomic E-state index is 10.8. The van der Waals surface area contributed by atoms with Gasteiger partial charge in [0.1, 0.15) is 0 Å². The summed E-state index contributed by atoms with van der Waals surface area (Å²) in [6, 6.07) is 0. The van der Waals surface area contributed by atoms with E-state index < -0.39 is 0 Å². The number of ketones is 1. The summed E-state index contributed by atoms with van der Waals surface area (Å²) < 4.78 is 0. The standard InChI is InChI=1S/C8H9NO.C2H6/c1-3-9-7-4-5-8(10)6(7)2;1-2/h3H,1-2,4-5H2;1-2H3. The first-order valence-electron chi connectivity index (χ1n) is 4.15. The number of carbonyl (C=O) groups is 1. The fraction of sp³-hybridized carbons (Fsp3) is 0.400. The Labute approximate surface area is 73.7 Å². The Kier molecular flexibility index (Phi) is 4.93. The van der Waals surface area contributed by atoms with Crippen LogP contribution in [0.1, 0.15) is 26.7 Å². The van der Waals surface area contributed by atoms with Crippen molar-refractivity contribution >= 4 is 11.5 Å². The van der Waals surface area contributed by atoms with E-state index in [4.69, 9.17) is 0 Å². The molecule has 1 fully saturated rings. The maximum Gasteiger partial charge on any atom is 0.164 e. The normalized spacial score (nSPS) is 19.0. The predicted octanol–water partition coefficient (Wildman–Crippen LogP) is 2.52. The Balaban J connectivity index is 0.000000561. The van der Waals surface area contributed by atoms with Gasteiger partial charge in [0.15, 0.2) is 5.78 Å². The molecule has 1 aliphatic carbocycles. The highest BCUT2D eigenvalue weighted by Crippen LogP contribution is 2.16. The van der Waals surface area contributed by atoms with E-state index in [0.29, 0.717) is 12.0 Å². The van der Waals surface area contributed by atoms with Gasteiger partial charge < -0.3 is 0 Å². The zero-order valence-corrected chi connectivity index (χ0v) is 7.76. The van der Waals surface area contributed by atoms with E-state index in [9.17, 15) is 4.79 Å². The van der Waals surface area contributed by atoms with Crippen LogP contribution >= 0.6 is 0 Å². The van der Waals surface area contributed by atoms with Gasteiger partial charge in [0.25, 0.3) is 0 Å². The van der Waals surface area contributed by atoms with Crippen molar-refractivity contribution in [3.8, 4) is 0 Å². The molecule has 0 N–H and O–H groups in total. The van der Waals surface area contributed by atoms with Gasteiger partial charge >= 0.3 is 0 Å². The third kappa shape index (κ3) is 2.46. The SMILES string of the molecule is C=CN=C1CCC(=O)C1=C.CC. The molecule has 0 spiro atoms. The molecule has 0 unspecified atom stereocenters. The fourth-order valence-electron chi connectivity index (χ4n) is 0.947. The molecule has 12 heavy (non-hydrogen) atoms. The third-order valence-corrected chi connectivity index (χ3v) is 1.52. The maximum atomic E-state index is 10.8. The Hall–Kier alpha value is -1.18. The molecule has 2 nitrogen and oxygen atoms in total. The van der Waals surface area contributed by atoms with Crippen LogP contribution < -0.4 is 0 Å². The second kappa shape index (κ2) is 5.47. The minimum Gasteiger partial charge on any atom is -0.294 e. The van der Waals surface area contributed by atoms with Crippen LogP contribution in [0.2, 0.25) is 0 Å². The molecule has 1 rings (SSSR count). The molecular formula is C10H15NO. The van der Waals surface area contributed by atoms with Gasteiger partial charge in [-0.1, -0.05) is 27.0 Å². The van der Waals surface area contributed by atoms with Gasteiger partial charge in [-0.05, 0) is 6.42 Å². The third-order valence-electron chi connectivity index (χ3n) is 1.52. The molecule has 0 radical (unpaired) electrons. The number of rotatable bonds is 1. The molecule has 0 saturated heterocycles. The van der Waals surface area contributed by atoms with E-state index in [2.05, 4.69) is 18.2 Å². The van der Waals surface area contributed by atoms with Crippen LogP contribution in [-0.4, -0.2) is 11.5 Å². The van der Waals surface area contributed by atoms with E-state index >= 15 is 0 Å². The molecule has 2 heteroatoms. The molecule has 0 heterocycles. The highest BCUT2D eigenvalue weighted by atomic mass is 16.1. The van der Waals surface area contributed by atoms with Crippen LogP contribution in [0, 0.1) is 0 Å². The highest BCUT2D eigenvalue weighted by molar-refractivity contribution is 6.26.